The first-order valence-corrected chi connectivity index (χ1v) is 9.20. The molecule has 0 N–H and O–H groups in total. The molecule has 0 spiro atoms. The summed E-state index contributed by atoms with van der Waals surface area (Å²) in [5.74, 6) is 1.21. The van der Waals surface area contributed by atoms with Gasteiger partial charge < -0.3 is 9.80 Å². The van der Waals surface area contributed by atoms with Gasteiger partial charge in [0.1, 0.15) is 0 Å². The predicted octanol–water partition coefficient (Wildman–Crippen LogP) is 4.20. The highest BCUT2D eigenvalue weighted by atomic mass is 35.5. The first-order chi connectivity index (χ1) is 11.1. The Morgan fingerprint density at radius 1 is 1.26 bits per heavy atom. The van der Waals surface area contributed by atoms with Crippen LogP contribution in [-0.4, -0.2) is 55.7 Å². The van der Waals surface area contributed by atoms with Crippen LogP contribution < -0.4 is 0 Å². The molecule has 2 bridgehead atoms. The van der Waals surface area contributed by atoms with E-state index in [4.69, 9.17) is 11.6 Å². The van der Waals surface area contributed by atoms with Gasteiger partial charge in [-0.1, -0.05) is 23.7 Å². The van der Waals surface area contributed by atoms with Gasteiger partial charge in [-0.3, -0.25) is 4.39 Å². The molecule has 4 heteroatoms. The quantitative estimate of drug-likeness (QED) is 0.767. The first-order valence-electron chi connectivity index (χ1n) is 8.82. The lowest BCUT2D eigenvalue weighted by molar-refractivity contribution is 0.0766. The van der Waals surface area contributed by atoms with Crippen molar-refractivity contribution < 1.29 is 4.39 Å². The van der Waals surface area contributed by atoms with Crippen molar-refractivity contribution >= 4 is 11.6 Å². The largest absolute Gasteiger partial charge is 0.306 e. The van der Waals surface area contributed by atoms with Crippen LogP contribution in [0.3, 0.4) is 0 Å². The van der Waals surface area contributed by atoms with Crippen LogP contribution >= 0.6 is 11.6 Å². The van der Waals surface area contributed by atoms with Gasteiger partial charge >= 0.3 is 0 Å². The van der Waals surface area contributed by atoms with Crippen molar-refractivity contribution in [3.05, 3.63) is 34.9 Å². The Bertz CT molecular complexity index is 507. The van der Waals surface area contributed by atoms with Crippen molar-refractivity contribution in [1.82, 2.24) is 9.80 Å². The summed E-state index contributed by atoms with van der Waals surface area (Å²) >= 11 is 6.07. The normalized spacial score (nSPS) is 31.0. The molecule has 0 radical (unpaired) electrons. The van der Waals surface area contributed by atoms with Crippen LogP contribution in [0.25, 0.3) is 0 Å². The summed E-state index contributed by atoms with van der Waals surface area (Å²) in [6.45, 7) is 1.68. The summed E-state index contributed by atoms with van der Waals surface area (Å²) in [7, 11) is 4.42. The lowest BCUT2D eigenvalue weighted by Crippen LogP contribution is -2.49. The SMILES string of the molecule is CN(CCCF)C[C@H]1[C@@H](c2ccc(Cl)cc2)C[C@@H]2CC[C@H]1N2C. The summed E-state index contributed by atoms with van der Waals surface area (Å²) < 4.78 is 12.5. The topological polar surface area (TPSA) is 6.48 Å². The van der Waals surface area contributed by atoms with Crippen molar-refractivity contribution in [3.8, 4) is 0 Å². The summed E-state index contributed by atoms with van der Waals surface area (Å²) in [5.41, 5.74) is 1.42. The Labute approximate surface area is 144 Å². The van der Waals surface area contributed by atoms with Gasteiger partial charge in [0.15, 0.2) is 0 Å². The molecule has 4 atom stereocenters. The lowest BCUT2D eigenvalue weighted by atomic mass is 9.76. The Morgan fingerprint density at radius 3 is 2.70 bits per heavy atom. The second-order valence-corrected chi connectivity index (χ2v) is 7.76. The maximum Gasteiger partial charge on any atom is 0.0906 e. The second-order valence-electron chi connectivity index (χ2n) is 7.33. The summed E-state index contributed by atoms with van der Waals surface area (Å²) in [5, 5.41) is 0.807. The van der Waals surface area contributed by atoms with E-state index in [2.05, 4.69) is 36.0 Å². The van der Waals surface area contributed by atoms with E-state index in [9.17, 15) is 4.39 Å². The van der Waals surface area contributed by atoms with Crippen molar-refractivity contribution in [3.63, 3.8) is 0 Å². The fourth-order valence-corrected chi connectivity index (χ4v) is 4.83. The van der Waals surface area contributed by atoms with Crippen LogP contribution in [0.4, 0.5) is 4.39 Å². The van der Waals surface area contributed by atoms with Crippen molar-refractivity contribution in [2.75, 3.05) is 33.9 Å². The molecular formula is C19H28ClFN2. The highest BCUT2D eigenvalue weighted by molar-refractivity contribution is 6.30. The monoisotopic (exact) mass is 338 g/mol. The first kappa shape index (κ1) is 17.2. The van der Waals surface area contributed by atoms with E-state index in [1.54, 1.807) is 0 Å². The molecular weight excluding hydrogens is 311 g/mol. The Hall–Kier alpha value is -0.640. The summed E-state index contributed by atoms with van der Waals surface area (Å²) in [4.78, 5) is 4.92. The lowest BCUT2D eigenvalue weighted by Gasteiger charge is -2.44. The molecule has 0 unspecified atom stereocenters. The van der Waals surface area contributed by atoms with Crippen LogP contribution in [0.2, 0.25) is 5.02 Å². The van der Waals surface area contributed by atoms with E-state index in [-0.39, 0.29) is 6.67 Å². The number of hydrogen-bond acceptors (Lipinski definition) is 2. The number of nitrogens with zero attached hydrogens (tertiary/aromatic N) is 2. The summed E-state index contributed by atoms with van der Waals surface area (Å²) in [6, 6.07) is 9.80. The van der Waals surface area contributed by atoms with Gasteiger partial charge in [-0.15, -0.1) is 0 Å². The van der Waals surface area contributed by atoms with Gasteiger partial charge in [0.25, 0.3) is 0 Å². The molecule has 2 saturated heterocycles. The molecule has 0 amide bonds. The van der Waals surface area contributed by atoms with E-state index in [0.29, 0.717) is 30.3 Å². The average molecular weight is 339 g/mol. The van der Waals surface area contributed by atoms with Crippen molar-refractivity contribution in [2.24, 2.45) is 5.92 Å². The zero-order valence-corrected chi connectivity index (χ0v) is 15.0. The Balaban J connectivity index is 1.79. The second kappa shape index (κ2) is 7.50. The molecule has 1 aromatic rings. The molecule has 0 aromatic heterocycles. The fourth-order valence-electron chi connectivity index (χ4n) is 4.70. The van der Waals surface area contributed by atoms with Gasteiger partial charge in [0, 0.05) is 30.2 Å². The van der Waals surface area contributed by atoms with Crippen molar-refractivity contribution in [2.45, 2.75) is 43.7 Å². The van der Waals surface area contributed by atoms with Crippen LogP contribution in [0.15, 0.2) is 24.3 Å². The van der Waals surface area contributed by atoms with Crippen LogP contribution in [0.5, 0.6) is 0 Å². The molecule has 0 aliphatic carbocycles. The highest BCUT2D eigenvalue weighted by Gasteiger charge is 2.45. The third-order valence-corrected chi connectivity index (χ3v) is 6.18. The number of rotatable bonds is 6. The van der Waals surface area contributed by atoms with Gasteiger partial charge in [0.2, 0.25) is 0 Å². The predicted molar refractivity (Wildman–Crippen MR) is 95.0 cm³/mol. The molecule has 23 heavy (non-hydrogen) atoms. The minimum absolute atomic E-state index is 0.221. The molecule has 0 saturated carbocycles. The molecule has 2 aliphatic rings. The third-order valence-electron chi connectivity index (χ3n) is 5.93. The molecule has 1 aromatic carbocycles. The molecule has 2 nitrogen and oxygen atoms in total. The minimum atomic E-state index is -0.221. The standard InChI is InChI=1S/C19H28ClFN2/c1-22(11-3-10-21)13-18-17(14-4-6-15(20)7-5-14)12-16-8-9-19(18)23(16)2/h4-7,16-19H,3,8-13H2,1-2H3/t16-,17+,18-,19+/m0/s1. The smallest absolute Gasteiger partial charge is 0.0906 e. The van der Waals surface area contributed by atoms with Crippen LogP contribution in [0.1, 0.15) is 37.2 Å². The van der Waals surface area contributed by atoms with Crippen LogP contribution in [0, 0.1) is 5.92 Å². The molecule has 2 aliphatic heterocycles. The maximum absolute atomic E-state index is 12.5. The van der Waals surface area contributed by atoms with E-state index in [0.717, 1.165) is 18.1 Å². The van der Waals surface area contributed by atoms with E-state index in [1.165, 1.54) is 24.8 Å². The highest BCUT2D eigenvalue weighted by Crippen LogP contribution is 2.46. The van der Waals surface area contributed by atoms with Gasteiger partial charge in [-0.2, -0.15) is 0 Å². The van der Waals surface area contributed by atoms with Gasteiger partial charge in [-0.05, 0) is 69.3 Å². The molecule has 128 valence electrons. The molecule has 3 rings (SSSR count). The number of fused-ring (bicyclic) bond motifs is 2. The maximum atomic E-state index is 12.5. The minimum Gasteiger partial charge on any atom is -0.306 e. The van der Waals surface area contributed by atoms with Gasteiger partial charge in [-0.25, -0.2) is 0 Å². The van der Waals surface area contributed by atoms with E-state index >= 15 is 0 Å². The third kappa shape index (κ3) is 3.72. The number of halogens is 2. The zero-order chi connectivity index (χ0) is 16.4. The molecule has 2 heterocycles. The number of piperidine rings is 1. The summed E-state index contributed by atoms with van der Waals surface area (Å²) in [6.07, 6.45) is 4.48. The number of alkyl halides is 1. The Morgan fingerprint density at radius 2 is 2.00 bits per heavy atom. The van der Waals surface area contributed by atoms with E-state index in [1.807, 2.05) is 12.1 Å². The van der Waals surface area contributed by atoms with Crippen LogP contribution in [-0.2, 0) is 0 Å². The van der Waals surface area contributed by atoms with E-state index < -0.39 is 0 Å². The number of hydrogen-bond donors (Lipinski definition) is 0. The zero-order valence-electron chi connectivity index (χ0n) is 14.2. The van der Waals surface area contributed by atoms with Gasteiger partial charge in [0.05, 0.1) is 6.67 Å². The van der Waals surface area contributed by atoms with Crippen molar-refractivity contribution in [1.29, 1.82) is 0 Å². The molecule has 2 fully saturated rings. The Kier molecular flexibility index (Phi) is 5.61. The number of benzene rings is 1. The average Bonchev–Trinajstić information content (AvgIpc) is 2.78. The fraction of sp³-hybridized carbons (Fsp3) is 0.684.